The van der Waals surface area contributed by atoms with Crippen LogP contribution < -0.4 is 0 Å². The third-order valence-electron chi connectivity index (χ3n) is 3.37. The van der Waals surface area contributed by atoms with Gasteiger partial charge in [0.25, 0.3) is 0 Å². The second kappa shape index (κ2) is 9.20. The number of ether oxygens (including phenoxy) is 3. The van der Waals surface area contributed by atoms with Crippen LogP contribution in [-0.4, -0.2) is 38.4 Å². The van der Waals surface area contributed by atoms with Crippen LogP contribution in [0.15, 0.2) is 30.3 Å². The van der Waals surface area contributed by atoms with E-state index in [1.807, 2.05) is 26.8 Å². The van der Waals surface area contributed by atoms with E-state index in [1.54, 1.807) is 24.3 Å². The normalized spacial score (nSPS) is 11.0. The molecular weight excluding hydrogens is 284 g/mol. The number of carbonyl (C=O) groups is 2. The van der Waals surface area contributed by atoms with Crippen molar-refractivity contribution in [2.75, 3.05) is 26.4 Å². The monoisotopic (exact) mass is 308 g/mol. The minimum absolute atomic E-state index is 0.169. The maximum absolute atomic E-state index is 11.7. The SMILES string of the molecule is CCC(C)(C)C(=O)OCCOCCOC(=O)c1ccccc1. The van der Waals surface area contributed by atoms with E-state index in [2.05, 4.69) is 0 Å². The second-order valence-electron chi connectivity index (χ2n) is 5.49. The van der Waals surface area contributed by atoms with Crippen molar-refractivity contribution in [1.82, 2.24) is 0 Å². The van der Waals surface area contributed by atoms with Crippen molar-refractivity contribution in [3.05, 3.63) is 35.9 Å². The third-order valence-corrected chi connectivity index (χ3v) is 3.37. The zero-order valence-electron chi connectivity index (χ0n) is 13.5. The molecule has 0 aromatic heterocycles. The molecule has 1 aromatic carbocycles. The van der Waals surface area contributed by atoms with Gasteiger partial charge in [-0.05, 0) is 32.4 Å². The van der Waals surface area contributed by atoms with Crippen LogP contribution in [0.3, 0.4) is 0 Å². The number of hydrogen-bond acceptors (Lipinski definition) is 5. The van der Waals surface area contributed by atoms with Crippen molar-refractivity contribution in [3.63, 3.8) is 0 Å². The summed E-state index contributed by atoms with van der Waals surface area (Å²) >= 11 is 0. The molecule has 5 heteroatoms. The summed E-state index contributed by atoms with van der Waals surface area (Å²) < 4.78 is 15.4. The van der Waals surface area contributed by atoms with Crippen molar-refractivity contribution < 1.29 is 23.8 Å². The molecule has 0 saturated carbocycles. The highest BCUT2D eigenvalue weighted by molar-refractivity contribution is 5.89. The molecule has 22 heavy (non-hydrogen) atoms. The van der Waals surface area contributed by atoms with Crippen LogP contribution in [0.2, 0.25) is 0 Å². The van der Waals surface area contributed by atoms with Crippen LogP contribution in [-0.2, 0) is 19.0 Å². The first kappa shape index (κ1) is 18.2. The van der Waals surface area contributed by atoms with Gasteiger partial charge in [-0.3, -0.25) is 4.79 Å². The Morgan fingerprint density at radius 2 is 1.55 bits per heavy atom. The van der Waals surface area contributed by atoms with Crippen LogP contribution in [0, 0.1) is 5.41 Å². The number of esters is 2. The third kappa shape index (κ3) is 6.26. The summed E-state index contributed by atoms with van der Waals surface area (Å²) in [5.41, 5.74) is 0.0452. The largest absolute Gasteiger partial charge is 0.463 e. The molecule has 0 heterocycles. The summed E-state index contributed by atoms with van der Waals surface area (Å²) in [5.74, 6) is -0.602. The maximum atomic E-state index is 11.7. The van der Waals surface area contributed by atoms with Crippen molar-refractivity contribution in [1.29, 1.82) is 0 Å². The van der Waals surface area contributed by atoms with Gasteiger partial charge < -0.3 is 14.2 Å². The fourth-order valence-corrected chi connectivity index (χ4v) is 1.49. The van der Waals surface area contributed by atoms with E-state index >= 15 is 0 Å². The Bertz CT molecular complexity index is 467. The molecule has 0 radical (unpaired) electrons. The lowest BCUT2D eigenvalue weighted by Crippen LogP contribution is -2.27. The van der Waals surface area contributed by atoms with Gasteiger partial charge in [-0.15, -0.1) is 0 Å². The Balaban J connectivity index is 2.07. The molecule has 0 aliphatic rings. The Morgan fingerprint density at radius 3 is 2.14 bits per heavy atom. The predicted molar refractivity (Wildman–Crippen MR) is 82.6 cm³/mol. The average Bonchev–Trinajstić information content (AvgIpc) is 2.54. The van der Waals surface area contributed by atoms with Crippen molar-refractivity contribution in [3.8, 4) is 0 Å². The fraction of sp³-hybridized carbons (Fsp3) is 0.529. The summed E-state index contributed by atoms with van der Waals surface area (Å²) in [6, 6.07) is 8.77. The summed E-state index contributed by atoms with van der Waals surface area (Å²) in [6.45, 7) is 6.57. The van der Waals surface area contributed by atoms with Crippen LogP contribution in [0.4, 0.5) is 0 Å². The van der Waals surface area contributed by atoms with E-state index in [1.165, 1.54) is 0 Å². The summed E-state index contributed by atoms with van der Waals surface area (Å²) in [7, 11) is 0. The Morgan fingerprint density at radius 1 is 0.955 bits per heavy atom. The summed E-state index contributed by atoms with van der Waals surface area (Å²) in [5, 5.41) is 0. The van der Waals surface area contributed by atoms with Gasteiger partial charge in [0, 0.05) is 0 Å². The molecule has 1 aromatic rings. The van der Waals surface area contributed by atoms with Gasteiger partial charge in [-0.1, -0.05) is 25.1 Å². The molecule has 0 N–H and O–H groups in total. The van der Waals surface area contributed by atoms with Crippen LogP contribution in [0.25, 0.3) is 0 Å². The smallest absolute Gasteiger partial charge is 0.338 e. The zero-order valence-corrected chi connectivity index (χ0v) is 13.5. The van der Waals surface area contributed by atoms with Crippen molar-refractivity contribution >= 4 is 11.9 Å². The Hall–Kier alpha value is -1.88. The molecule has 0 aliphatic heterocycles. The van der Waals surface area contributed by atoms with Gasteiger partial charge in [-0.2, -0.15) is 0 Å². The first-order valence-electron chi connectivity index (χ1n) is 7.44. The van der Waals surface area contributed by atoms with Gasteiger partial charge in [0.15, 0.2) is 0 Å². The topological polar surface area (TPSA) is 61.8 Å². The van der Waals surface area contributed by atoms with E-state index in [-0.39, 0.29) is 38.4 Å². The van der Waals surface area contributed by atoms with E-state index in [9.17, 15) is 9.59 Å². The van der Waals surface area contributed by atoms with Crippen LogP contribution in [0.1, 0.15) is 37.6 Å². The minimum atomic E-state index is -0.467. The van der Waals surface area contributed by atoms with Crippen molar-refractivity contribution in [2.45, 2.75) is 27.2 Å². The number of benzene rings is 1. The molecule has 0 amide bonds. The van der Waals surface area contributed by atoms with E-state index in [0.29, 0.717) is 5.56 Å². The standard InChI is InChI=1S/C17H24O5/c1-4-17(2,3)16(19)22-13-11-20-10-12-21-15(18)14-8-6-5-7-9-14/h5-9H,4,10-13H2,1-3H3. The van der Waals surface area contributed by atoms with E-state index < -0.39 is 5.41 Å². The van der Waals surface area contributed by atoms with Crippen LogP contribution in [0.5, 0.6) is 0 Å². The minimum Gasteiger partial charge on any atom is -0.463 e. The second-order valence-corrected chi connectivity index (χ2v) is 5.49. The predicted octanol–water partition coefficient (Wildman–Crippen LogP) is 2.84. The zero-order chi connectivity index (χ0) is 16.4. The van der Waals surface area contributed by atoms with Gasteiger partial charge in [0.2, 0.25) is 0 Å². The van der Waals surface area contributed by atoms with E-state index in [0.717, 1.165) is 6.42 Å². The number of hydrogen-bond donors (Lipinski definition) is 0. The first-order chi connectivity index (χ1) is 10.5. The lowest BCUT2D eigenvalue weighted by atomic mass is 9.91. The van der Waals surface area contributed by atoms with Crippen LogP contribution >= 0.6 is 0 Å². The highest BCUT2D eigenvalue weighted by Gasteiger charge is 2.26. The first-order valence-corrected chi connectivity index (χ1v) is 7.44. The van der Waals surface area contributed by atoms with Crippen molar-refractivity contribution in [2.24, 2.45) is 5.41 Å². The molecule has 122 valence electrons. The van der Waals surface area contributed by atoms with Gasteiger partial charge >= 0.3 is 11.9 Å². The number of carbonyl (C=O) groups excluding carboxylic acids is 2. The maximum Gasteiger partial charge on any atom is 0.338 e. The van der Waals surface area contributed by atoms with Gasteiger partial charge in [0.05, 0.1) is 24.2 Å². The van der Waals surface area contributed by atoms with Gasteiger partial charge in [-0.25, -0.2) is 4.79 Å². The number of rotatable bonds is 9. The molecule has 1 rings (SSSR count). The average molecular weight is 308 g/mol. The molecule has 0 saturated heterocycles. The molecule has 0 unspecified atom stereocenters. The summed E-state index contributed by atoms with van der Waals surface area (Å²) in [6.07, 6.45) is 0.724. The molecule has 0 spiro atoms. The molecular formula is C17H24O5. The molecule has 0 atom stereocenters. The lowest BCUT2D eigenvalue weighted by Gasteiger charge is -2.20. The lowest BCUT2D eigenvalue weighted by molar-refractivity contribution is -0.155. The quantitative estimate of drug-likeness (QED) is 0.518. The summed E-state index contributed by atoms with van der Waals surface area (Å²) in [4.78, 5) is 23.3. The molecule has 0 aliphatic carbocycles. The molecule has 0 bridgehead atoms. The van der Waals surface area contributed by atoms with E-state index in [4.69, 9.17) is 14.2 Å². The Kier molecular flexibility index (Phi) is 7.60. The molecule has 0 fully saturated rings. The Labute approximate surface area is 131 Å². The highest BCUT2D eigenvalue weighted by Crippen LogP contribution is 2.21. The fourth-order valence-electron chi connectivity index (χ4n) is 1.49. The molecule has 5 nitrogen and oxygen atoms in total. The highest BCUT2D eigenvalue weighted by atomic mass is 16.6. The van der Waals surface area contributed by atoms with Gasteiger partial charge in [0.1, 0.15) is 13.2 Å².